The zero-order valence-corrected chi connectivity index (χ0v) is 87.2. The molecule has 5 unspecified atom stereocenters. The van der Waals surface area contributed by atoms with Crippen molar-refractivity contribution >= 4 is 328 Å². The van der Waals surface area contributed by atoms with E-state index in [0.717, 1.165) is 52.8 Å². The first-order chi connectivity index (χ1) is 52.4. The van der Waals surface area contributed by atoms with Gasteiger partial charge >= 0.3 is 138 Å². The molecule has 10 heterocycles. The number of fused-ring (bicyclic) bond motifs is 12. The molecular formula is C85H93Br2ClN4P8S10Sn. The molecule has 0 saturated carbocycles. The van der Waals surface area contributed by atoms with Gasteiger partial charge < -0.3 is 0 Å². The van der Waals surface area contributed by atoms with E-state index in [9.17, 15) is 0 Å². The van der Waals surface area contributed by atoms with E-state index in [1.165, 1.54) is 181 Å². The van der Waals surface area contributed by atoms with Gasteiger partial charge in [0.1, 0.15) is 22.1 Å². The smallest absolute Gasteiger partial charge is 0.0405 e. The Kier molecular flexibility index (Phi) is 31.4. The van der Waals surface area contributed by atoms with E-state index in [1.54, 1.807) is 25.6 Å². The average Bonchev–Trinajstić information content (AvgIpc) is 1.59. The van der Waals surface area contributed by atoms with Gasteiger partial charge in [0.25, 0.3) is 0 Å². The van der Waals surface area contributed by atoms with E-state index in [1.807, 2.05) is 98.4 Å². The Morgan fingerprint density at radius 2 is 0.757 bits per heavy atom. The number of rotatable bonds is 16. The largest absolute Gasteiger partial charge is 0.102 e. The summed E-state index contributed by atoms with van der Waals surface area (Å²) in [6.07, 6.45) is 4.25. The molecule has 10 aromatic heterocycles. The monoisotopic (exact) mass is 2050 g/mol. The van der Waals surface area contributed by atoms with Crippen LogP contribution in [0, 0.1) is 44.4 Å². The number of nitrogens with zero attached hydrogens (tertiary/aromatic N) is 4. The van der Waals surface area contributed by atoms with Gasteiger partial charge in [-0.2, -0.15) is 17.5 Å². The molecule has 26 heteroatoms. The zero-order chi connectivity index (χ0) is 78.3. The first-order valence-electron chi connectivity index (χ1n) is 36.3. The van der Waals surface area contributed by atoms with E-state index in [0.29, 0.717) is 23.7 Å². The summed E-state index contributed by atoms with van der Waals surface area (Å²) in [4.78, 5) is 19.6. The second-order valence-corrected chi connectivity index (χ2v) is 87.1. The van der Waals surface area contributed by atoms with E-state index in [-0.39, 0.29) is 28.4 Å². The van der Waals surface area contributed by atoms with Crippen LogP contribution in [0.5, 0.6) is 0 Å². The minimum Gasteiger partial charge on any atom is -0.102 e. The van der Waals surface area contributed by atoms with Gasteiger partial charge in [0.05, 0.1) is 31.0 Å². The summed E-state index contributed by atoms with van der Waals surface area (Å²) >= 11 is 28.8. The van der Waals surface area contributed by atoms with Crippen molar-refractivity contribution in [2.24, 2.45) is 23.7 Å². The molecule has 111 heavy (non-hydrogen) atoms. The minimum atomic E-state index is -1.98. The van der Waals surface area contributed by atoms with E-state index >= 15 is 0 Å². The van der Waals surface area contributed by atoms with Gasteiger partial charge in [-0.3, -0.25) is 0 Å². The predicted octanol–water partition coefficient (Wildman–Crippen LogP) is 35.8. The van der Waals surface area contributed by atoms with Crippen LogP contribution in [-0.4, -0.2) is 35.9 Å². The number of thiophene rings is 8. The molecule has 0 N–H and O–H groups in total. The first-order valence-corrected chi connectivity index (χ1v) is 69.8. The van der Waals surface area contributed by atoms with Crippen molar-refractivity contribution in [2.45, 2.75) is 124 Å². The Balaban J connectivity index is 0.000000148. The summed E-state index contributed by atoms with van der Waals surface area (Å²) in [5.74, 6) is 2.39. The zero-order valence-electron chi connectivity index (χ0n) is 63.8. The quantitative estimate of drug-likeness (QED) is 0.0715. The SMILES string of the molecule is C.CC(C)Cc1cc(Br)sc1-c1ccc(-c2sc(Br)cc2CC(C)C)c2nsnc12.Cc1cc(CC(C)C)c(-c2ccc(-c3sc(-c4cc5c(ccc6c5ccc5cc(C)sc56)s4)cc3CC(C)C)c3nsnc23)s1.Cc1cc2ccc3c(ccc4c[c]([Sn]([CH3])([CH3])[CH3])sc43)c2s1.Clc1ccccc1.PP(P)P(P)P(P)P. The van der Waals surface area contributed by atoms with Crippen LogP contribution in [0.3, 0.4) is 0 Å². The van der Waals surface area contributed by atoms with Crippen LogP contribution in [-0.2, 0) is 25.7 Å². The maximum absolute atomic E-state index is 5.54. The van der Waals surface area contributed by atoms with Gasteiger partial charge in [0.15, 0.2) is 0 Å². The number of aromatic nitrogens is 4. The summed E-state index contributed by atoms with van der Waals surface area (Å²) in [6.45, 7) is 25.4. The van der Waals surface area contributed by atoms with Crippen molar-refractivity contribution in [3.05, 3.63) is 201 Å². The molecule has 0 aliphatic carbocycles. The Bertz CT molecular complexity index is 6020. The summed E-state index contributed by atoms with van der Waals surface area (Å²) < 4.78 is 29.0. The molecule has 578 valence electrons. The number of halogens is 3. The fraction of sp³-hybridized carbons (Fsp3) is 0.271. The summed E-state index contributed by atoms with van der Waals surface area (Å²) in [6, 6.07) is 55.9. The molecule has 0 bridgehead atoms. The maximum atomic E-state index is 5.54. The Labute approximate surface area is 737 Å². The van der Waals surface area contributed by atoms with Crippen LogP contribution in [0.2, 0.25) is 19.8 Å². The predicted molar refractivity (Wildman–Crippen MR) is 551 cm³/mol. The Morgan fingerprint density at radius 1 is 0.387 bits per heavy atom. The molecule has 0 amide bonds. The van der Waals surface area contributed by atoms with Crippen molar-refractivity contribution in [1.29, 1.82) is 0 Å². The standard InChI is InChI=1S/C38H34N2S5.C22H22Br2N2S3.C15H9S2.C6H5Cl.CH4.3CH3.H10P8.Sn/c1-19(2)13-24-16-22(6)42-37(24)28-9-10-29(35-34(28)39-45-40-35)38-25(14-20(3)4)17-32(44-38)33-18-30-26-8-7-23-15-21(5)41-36(23)27(26)11-12-31(30)43-33;1-11(2)7-13-9-17(23)27-21(13)15-5-6-16(20-19(15)25-29-26-20)22-14(8-12(3)4)10-18(24)28-22;1-9-8-11-3-5-12-13(15(11)17-9)4-2-10-6-7-16-14(10)12;7-6-4-2-1-3-5-6;;;;;1-6(2)8(5)7(3)4;/h7-12,15-20H,13-14H2,1-6H3;5-6,9-12H,7-8H2,1-4H3;2-6,8H,1H3;1-5H;1H4;3*1H3;1-5H2;. The maximum Gasteiger partial charge on any atom is 0.0405 e. The number of hydrogen-bond acceptors (Lipinski definition) is 14. The van der Waals surface area contributed by atoms with Gasteiger partial charge in [-0.25, -0.2) is 0 Å². The summed E-state index contributed by atoms with van der Waals surface area (Å²) in [7, 11) is 14.4. The first kappa shape index (κ1) is 89.1. The third-order valence-corrected chi connectivity index (χ3v) is 77.4. The van der Waals surface area contributed by atoms with Crippen molar-refractivity contribution in [2.75, 3.05) is 0 Å². The Hall–Kier alpha value is -1.17. The van der Waals surface area contributed by atoms with E-state index in [2.05, 4.69) is 289 Å². The number of benzene rings is 7. The van der Waals surface area contributed by atoms with Crippen molar-refractivity contribution in [3.8, 4) is 51.5 Å². The van der Waals surface area contributed by atoms with Gasteiger partial charge in [0.2, 0.25) is 0 Å². The van der Waals surface area contributed by atoms with Crippen molar-refractivity contribution in [3.63, 3.8) is 0 Å². The van der Waals surface area contributed by atoms with Crippen LogP contribution in [0.1, 0.15) is 99.7 Å². The molecule has 5 atom stereocenters. The molecule has 0 radical (unpaired) electrons. The van der Waals surface area contributed by atoms with Gasteiger partial charge in [-0.15, -0.1) is 113 Å². The molecule has 0 saturated heterocycles. The van der Waals surface area contributed by atoms with E-state index in [4.69, 9.17) is 29.1 Å². The van der Waals surface area contributed by atoms with Crippen LogP contribution in [0.4, 0.5) is 0 Å². The molecule has 17 rings (SSSR count). The summed E-state index contributed by atoms with van der Waals surface area (Å²) in [5, 5.41) is 11.9. The van der Waals surface area contributed by atoms with Gasteiger partial charge in [-0.1, -0.05) is 135 Å². The minimum absolute atomic E-state index is 0. The average molecular weight is 2050 g/mol. The fourth-order valence-corrected chi connectivity index (χ4v) is 59.3. The van der Waals surface area contributed by atoms with Crippen molar-refractivity contribution < 1.29 is 0 Å². The summed E-state index contributed by atoms with van der Waals surface area (Å²) in [5.41, 5.74) is 14.6. The topological polar surface area (TPSA) is 51.6 Å². The molecule has 0 fully saturated rings. The molecule has 7 aromatic carbocycles. The molecular weight excluding hydrogens is 1960 g/mol. The van der Waals surface area contributed by atoms with Crippen LogP contribution in [0.15, 0.2) is 159 Å². The number of hydrogen-bond donors (Lipinski definition) is 0. The molecule has 17 aromatic rings. The third kappa shape index (κ3) is 21.1. The van der Waals surface area contributed by atoms with Gasteiger partial charge in [0, 0.05) is 86.5 Å². The van der Waals surface area contributed by atoms with Crippen molar-refractivity contribution in [1.82, 2.24) is 17.5 Å². The van der Waals surface area contributed by atoms with Crippen LogP contribution in [0.25, 0.3) is 135 Å². The molecule has 0 spiro atoms. The van der Waals surface area contributed by atoms with Crippen LogP contribution < -0.4 is 2.89 Å². The van der Waals surface area contributed by atoms with E-state index < -0.39 is 18.4 Å². The molecule has 0 aliphatic rings. The second kappa shape index (κ2) is 39.1. The molecule has 0 aliphatic heterocycles. The normalized spacial score (nSPS) is 12.0. The third-order valence-electron chi connectivity index (χ3n) is 18.4. The van der Waals surface area contributed by atoms with Gasteiger partial charge in [-0.05, 0) is 204 Å². The second-order valence-electron chi connectivity index (χ2n) is 30.3. The molecule has 4 nitrogen and oxygen atoms in total. The fourth-order valence-electron chi connectivity index (χ4n) is 13.8. The Morgan fingerprint density at radius 3 is 1.17 bits per heavy atom. The van der Waals surface area contributed by atoms with Crippen LogP contribution >= 0.6 is 223 Å². The number of aryl methyl sites for hydroxylation is 3.